The van der Waals surface area contributed by atoms with Gasteiger partial charge in [0.25, 0.3) is 0 Å². The number of aliphatic hydroxyl groups excluding tert-OH is 2. The highest BCUT2D eigenvalue weighted by Gasteiger charge is 2.27. The van der Waals surface area contributed by atoms with E-state index in [1.165, 1.54) is 6.92 Å². The van der Waals surface area contributed by atoms with Crippen LogP contribution < -0.4 is 5.32 Å². The standard InChI is InChI=1S/C11H20N2O4/c1-8(16)13-4-2-3-9(5-13)11(17)12-10(6-14)7-15/h9-10,14-15H,2-7H2,1H3,(H,12,17). The largest absolute Gasteiger partial charge is 0.394 e. The Labute approximate surface area is 101 Å². The summed E-state index contributed by atoms with van der Waals surface area (Å²) in [6, 6.07) is -0.616. The van der Waals surface area contributed by atoms with Gasteiger partial charge in [-0.1, -0.05) is 0 Å². The van der Waals surface area contributed by atoms with Gasteiger partial charge in [0, 0.05) is 20.0 Å². The number of amides is 2. The molecule has 0 spiro atoms. The van der Waals surface area contributed by atoms with E-state index in [4.69, 9.17) is 10.2 Å². The van der Waals surface area contributed by atoms with Crippen molar-refractivity contribution in [1.82, 2.24) is 10.2 Å². The van der Waals surface area contributed by atoms with Gasteiger partial charge in [-0.25, -0.2) is 0 Å². The predicted octanol–water partition coefficient (Wildman–Crippen LogP) is -1.29. The number of hydrogen-bond donors (Lipinski definition) is 3. The van der Waals surface area contributed by atoms with Gasteiger partial charge in [0.1, 0.15) is 0 Å². The van der Waals surface area contributed by atoms with Crippen molar-refractivity contribution in [3.05, 3.63) is 0 Å². The number of hydrogen-bond acceptors (Lipinski definition) is 4. The molecule has 0 aromatic rings. The summed E-state index contributed by atoms with van der Waals surface area (Å²) in [5.74, 6) is -0.472. The second-order valence-electron chi connectivity index (χ2n) is 4.37. The van der Waals surface area contributed by atoms with Crippen LogP contribution in [0.2, 0.25) is 0 Å². The SMILES string of the molecule is CC(=O)N1CCCC(C(=O)NC(CO)CO)C1. The van der Waals surface area contributed by atoms with E-state index < -0.39 is 6.04 Å². The molecule has 1 saturated heterocycles. The summed E-state index contributed by atoms with van der Waals surface area (Å²) >= 11 is 0. The smallest absolute Gasteiger partial charge is 0.225 e. The second-order valence-corrected chi connectivity index (χ2v) is 4.37. The maximum Gasteiger partial charge on any atom is 0.225 e. The van der Waals surface area contributed by atoms with Crippen molar-refractivity contribution in [1.29, 1.82) is 0 Å². The molecule has 1 aliphatic rings. The van der Waals surface area contributed by atoms with Crippen LogP contribution in [-0.2, 0) is 9.59 Å². The fourth-order valence-corrected chi connectivity index (χ4v) is 1.95. The third-order valence-corrected chi connectivity index (χ3v) is 3.02. The van der Waals surface area contributed by atoms with Crippen LogP contribution in [0.25, 0.3) is 0 Å². The van der Waals surface area contributed by atoms with Gasteiger partial charge in [-0.3, -0.25) is 9.59 Å². The van der Waals surface area contributed by atoms with Crippen LogP contribution in [-0.4, -0.2) is 59.3 Å². The summed E-state index contributed by atoms with van der Waals surface area (Å²) in [7, 11) is 0. The van der Waals surface area contributed by atoms with Crippen LogP contribution in [0.3, 0.4) is 0 Å². The number of carbonyl (C=O) groups is 2. The van der Waals surface area contributed by atoms with E-state index in [9.17, 15) is 9.59 Å². The Balaban J connectivity index is 2.48. The van der Waals surface area contributed by atoms with E-state index in [0.717, 1.165) is 12.8 Å². The minimum absolute atomic E-state index is 0.0247. The van der Waals surface area contributed by atoms with Crippen molar-refractivity contribution < 1.29 is 19.8 Å². The highest BCUT2D eigenvalue weighted by Crippen LogP contribution is 2.16. The van der Waals surface area contributed by atoms with Crippen molar-refractivity contribution in [3.63, 3.8) is 0 Å². The third kappa shape index (κ3) is 3.98. The number of aliphatic hydroxyl groups is 2. The summed E-state index contributed by atoms with van der Waals surface area (Å²) in [5, 5.41) is 20.3. The van der Waals surface area contributed by atoms with Crippen LogP contribution in [0.15, 0.2) is 0 Å². The lowest BCUT2D eigenvalue weighted by Crippen LogP contribution is -2.48. The molecule has 2 amide bonds. The summed E-state index contributed by atoms with van der Waals surface area (Å²) in [6.07, 6.45) is 1.54. The van der Waals surface area contributed by atoms with Crippen molar-refractivity contribution in [2.45, 2.75) is 25.8 Å². The fraction of sp³-hybridized carbons (Fsp3) is 0.818. The lowest BCUT2D eigenvalue weighted by Gasteiger charge is -2.31. The van der Waals surface area contributed by atoms with Crippen LogP contribution in [0.1, 0.15) is 19.8 Å². The van der Waals surface area contributed by atoms with Gasteiger partial charge in [0.15, 0.2) is 0 Å². The Bertz CT molecular complexity index is 279. The number of nitrogens with one attached hydrogen (secondary N) is 1. The van der Waals surface area contributed by atoms with Crippen LogP contribution in [0, 0.1) is 5.92 Å². The molecule has 1 rings (SSSR count). The first kappa shape index (κ1) is 13.9. The monoisotopic (exact) mass is 244 g/mol. The quantitative estimate of drug-likeness (QED) is 0.574. The summed E-state index contributed by atoms with van der Waals surface area (Å²) in [4.78, 5) is 24.7. The molecule has 0 radical (unpaired) electrons. The number of carbonyl (C=O) groups excluding carboxylic acids is 2. The topological polar surface area (TPSA) is 89.9 Å². The average molecular weight is 244 g/mol. The highest BCUT2D eigenvalue weighted by atomic mass is 16.3. The molecule has 3 N–H and O–H groups in total. The van der Waals surface area contributed by atoms with E-state index in [1.807, 2.05) is 0 Å². The molecule has 0 aromatic heterocycles. The molecule has 1 aliphatic heterocycles. The molecule has 6 nitrogen and oxygen atoms in total. The lowest BCUT2D eigenvalue weighted by atomic mass is 9.97. The summed E-state index contributed by atoms with van der Waals surface area (Å²) < 4.78 is 0. The van der Waals surface area contributed by atoms with Crippen LogP contribution in [0.5, 0.6) is 0 Å². The second kappa shape index (κ2) is 6.56. The van der Waals surface area contributed by atoms with Crippen molar-refractivity contribution in [2.75, 3.05) is 26.3 Å². The number of likely N-dealkylation sites (tertiary alicyclic amines) is 1. The summed E-state index contributed by atoms with van der Waals surface area (Å²) in [6.45, 7) is 2.04. The molecule has 1 unspecified atom stereocenters. The fourth-order valence-electron chi connectivity index (χ4n) is 1.95. The highest BCUT2D eigenvalue weighted by molar-refractivity contribution is 5.80. The molecule has 1 atom stereocenters. The maximum absolute atomic E-state index is 11.8. The first-order chi connectivity index (χ1) is 8.08. The molecular formula is C11H20N2O4. The summed E-state index contributed by atoms with van der Waals surface area (Å²) in [5.41, 5.74) is 0. The van der Waals surface area contributed by atoms with E-state index >= 15 is 0 Å². The third-order valence-electron chi connectivity index (χ3n) is 3.02. The lowest BCUT2D eigenvalue weighted by molar-refractivity contribution is -0.134. The van der Waals surface area contributed by atoms with Gasteiger partial charge >= 0.3 is 0 Å². The van der Waals surface area contributed by atoms with Crippen molar-refractivity contribution in [2.24, 2.45) is 5.92 Å². The molecule has 0 bridgehead atoms. The molecule has 0 saturated carbocycles. The average Bonchev–Trinajstić information content (AvgIpc) is 2.35. The number of nitrogens with zero attached hydrogens (tertiary/aromatic N) is 1. The van der Waals surface area contributed by atoms with E-state index in [0.29, 0.717) is 13.1 Å². The first-order valence-corrected chi connectivity index (χ1v) is 5.86. The Morgan fingerprint density at radius 3 is 2.59 bits per heavy atom. The van der Waals surface area contributed by atoms with Crippen molar-refractivity contribution in [3.8, 4) is 0 Å². The zero-order valence-corrected chi connectivity index (χ0v) is 10.1. The maximum atomic E-state index is 11.8. The molecule has 17 heavy (non-hydrogen) atoms. The van der Waals surface area contributed by atoms with Crippen molar-refractivity contribution >= 4 is 11.8 Å². The van der Waals surface area contributed by atoms with Gasteiger partial charge < -0.3 is 20.4 Å². The van der Waals surface area contributed by atoms with E-state index in [2.05, 4.69) is 5.32 Å². The molecule has 98 valence electrons. The zero-order chi connectivity index (χ0) is 12.8. The number of rotatable bonds is 4. The molecule has 1 heterocycles. The Morgan fingerprint density at radius 1 is 1.41 bits per heavy atom. The minimum atomic E-state index is -0.616. The van der Waals surface area contributed by atoms with Gasteiger partial charge in [-0.15, -0.1) is 0 Å². The van der Waals surface area contributed by atoms with Gasteiger partial charge in [-0.05, 0) is 12.8 Å². The Morgan fingerprint density at radius 2 is 2.06 bits per heavy atom. The van der Waals surface area contributed by atoms with E-state index in [-0.39, 0.29) is 30.9 Å². The Hall–Kier alpha value is -1.14. The van der Waals surface area contributed by atoms with Gasteiger partial charge in [0.05, 0.1) is 25.2 Å². The van der Waals surface area contributed by atoms with E-state index in [1.54, 1.807) is 4.90 Å². The molecule has 1 fully saturated rings. The predicted molar refractivity (Wildman–Crippen MR) is 61.1 cm³/mol. The molecule has 0 aliphatic carbocycles. The van der Waals surface area contributed by atoms with Crippen LogP contribution >= 0.6 is 0 Å². The first-order valence-electron chi connectivity index (χ1n) is 5.86. The molecule has 6 heteroatoms. The molecular weight excluding hydrogens is 224 g/mol. The van der Waals surface area contributed by atoms with Gasteiger partial charge in [-0.2, -0.15) is 0 Å². The normalized spacial score (nSPS) is 20.5. The van der Waals surface area contributed by atoms with Crippen LogP contribution in [0.4, 0.5) is 0 Å². The van der Waals surface area contributed by atoms with Gasteiger partial charge in [0.2, 0.25) is 11.8 Å². The minimum Gasteiger partial charge on any atom is -0.394 e. The Kier molecular flexibility index (Phi) is 5.37. The molecule has 0 aromatic carbocycles. The number of piperidine rings is 1. The zero-order valence-electron chi connectivity index (χ0n) is 10.1.